The van der Waals surface area contributed by atoms with Crippen LogP contribution in [0.1, 0.15) is 77.3 Å². The van der Waals surface area contributed by atoms with Crippen molar-refractivity contribution in [1.82, 2.24) is 0 Å². The van der Waals surface area contributed by atoms with Crippen molar-refractivity contribution in [2.45, 2.75) is 79.1 Å². The number of aryl methyl sites for hydroxylation is 2. The number of carbonyl (C=O) groups excluding carboxylic acids is 4. The van der Waals surface area contributed by atoms with Gasteiger partial charge in [0, 0.05) is 44.5 Å². The van der Waals surface area contributed by atoms with Gasteiger partial charge in [-0.15, -0.1) is 0 Å². The Labute approximate surface area is 196 Å². The third-order valence-electron chi connectivity index (χ3n) is 8.66. The maximum Gasteiger partial charge on any atom is 0.148 e. The van der Waals surface area contributed by atoms with Crippen LogP contribution in [0.5, 0.6) is 0 Å². The molecule has 1 heterocycles. The normalized spacial score (nSPS) is 27.3. The molecule has 0 aromatic heterocycles. The van der Waals surface area contributed by atoms with E-state index in [1.54, 1.807) is 0 Å². The second kappa shape index (κ2) is 7.10. The zero-order valence-corrected chi connectivity index (χ0v) is 20.4. The molecule has 0 atom stereocenters. The highest BCUT2D eigenvalue weighted by Gasteiger charge is 2.64. The van der Waals surface area contributed by atoms with Gasteiger partial charge in [-0.2, -0.15) is 0 Å². The van der Waals surface area contributed by atoms with Gasteiger partial charge in [-0.25, -0.2) is 0 Å². The Morgan fingerprint density at radius 3 is 1.61 bits per heavy atom. The minimum Gasteiger partial charge on any atom is -0.369 e. The Balaban J connectivity index is 1.62. The monoisotopic (exact) mass is 449 g/mol. The fraction of sp³-hybridized carbons (Fsp3) is 0.643. The summed E-state index contributed by atoms with van der Waals surface area (Å²) in [6.45, 7) is 8.34. The topological polar surface area (TPSA) is 71.5 Å². The van der Waals surface area contributed by atoms with Crippen molar-refractivity contribution < 1.29 is 19.2 Å². The number of rotatable bonds is 1. The number of Topliss-reactive ketones (excluding diaryl/α,β-unsaturated/α-hetero) is 4. The molecule has 1 aromatic carbocycles. The minimum absolute atomic E-state index is 0.0585. The predicted octanol–water partition coefficient (Wildman–Crippen LogP) is 4.27. The molecule has 2 spiro atoms. The molecule has 0 bridgehead atoms. The van der Waals surface area contributed by atoms with E-state index in [0.29, 0.717) is 25.7 Å². The average Bonchev–Trinajstić information content (AvgIpc) is 3.17. The van der Waals surface area contributed by atoms with Crippen molar-refractivity contribution >= 4 is 28.8 Å². The Hall–Kier alpha value is -2.30. The highest BCUT2D eigenvalue weighted by Crippen LogP contribution is 2.54. The standard InChI is InChI=1S/C28H35NO4/c1-25(2)11-21(30)27(22(31)12-25)15-28(23(32)13-26(3,4)14-24(28)33)17-29(16-27)20-9-8-18-6-5-7-19(18)10-20/h8-10H,5-7,11-17H2,1-4H3. The molecule has 176 valence electrons. The van der Waals surface area contributed by atoms with Crippen LogP contribution in [-0.2, 0) is 32.0 Å². The number of piperidine rings is 1. The summed E-state index contributed by atoms with van der Waals surface area (Å²) in [7, 11) is 0. The van der Waals surface area contributed by atoms with Gasteiger partial charge in [-0.1, -0.05) is 33.8 Å². The lowest BCUT2D eigenvalue weighted by Crippen LogP contribution is -2.67. The first-order chi connectivity index (χ1) is 15.4. The molecule has 5 heteroatoms. The molecular weight excluding hydrogens is 414 g/mol. The van der Waals surface area contributed by atoms with Crippen LogP contribution < -0.4 is 4.90 Å². The predicted molar refractivity (Wildman–Crippen MR) is 126 cm³/mol. The van der Waals surface area contributed by atoms with Crippen LogP contribution in [0, 0.1) is 21.7 Å². The van der Waals surface area contributed by atoms with E-state index in [2.05, 4.69) is 12.1 Å². The van der Waals surface area contributed by atoms with Gasteiger partial charge in [0.25, 0.3) is 0 Å². The van der Waals surface area contributed by atoms with Crippen molar-refractivity contribution in [2.75, 3.05) is 18.0 Å². The molecule has 3 fully saturated rings. The summed E-state index contributed by atoms with van der Waals surface area (Å²) < 4.78 is 0. The average molecular weight is 450 g/mol. The lowest BCUT2D eigenvalue weighted by Gasteiger charge is -2.54. The van der Waals surface area contributed by atoms with Gasteiger partial charge in [-0.05, 0) is 59.8 Å². The van der Waals surface area contributed by atoms with Crippen molar-refractivity contribution in [3.8, 4) is 0 Å². The number of hydrogen-bond acceptors (Lipinski definition) is 5. The maximum absolute atomic E-state index is 13.7. The van der Waals surface area contributed by atoms with Gasteiger partial charge in [-0.3, -0.25) is 19.2 Å². The van der Waals surface area contributed by atoms with E-state index in [9.17, 15) is 19.2 Å². The highest BCUT2D eigenvalue weighted by atomic mass is 16.2. The molecule has 2 saturated carbocycles. The van der Waals surface area contributed by atoms with E-state index < -0.39 is 10.8 Å². The smallest absolute Gasteiger partial charge is 0.148 e. The number of ketones is 4. The van der Waals surface area contributed by atoms with Gasteiger partial charge in [0.1, 0.15) is 34.0 Å². The second-order valence-electron chi connectivity index (χ2n) is 12.7. The van der Waals surface area contributed by atoms with Crippen LogP contribution in [0.2, 0.25) is 0 Å². The molecule has 4 aliphatic rings. The fourth-order valence-corrected chi connectivity index (χ4v) is 6.87. The molecule has 5 nitrogen and oxygen atoms in total. The quantitative estimate of drug-likeness (QED) is 0.599. The molecule has 0 unspecified atom stereocenters. The summed E-state index contributed by atoms with van der Waals surface area (Å²) in [6, 6.07) is 6.33. The highest BCUT2D eigenvalue weighted by molar-refractivity contribution is 6.15. The fourth-order valence-electron chi connectivity index (χ4n) is 6.87. The van der Waals surface area contributed by atoms with E-state index >= 15 is 0 Å². The van der Waals surface area contributed by atoms with Crippen LogP contribution in [-0.4, -0.2) is 36.2 Å². The summed E-state index contributed by atoms with van der Waals surface area (Å²) in [6.07, 6.45) is 4.50. The first-order valence-electron chi connectivity index (χ1n) is 12.4. The number of carbonyl (C=O) groups is 4. The molecule has 0 N–H and O–H groups in total. The third-order valence-corrected chi connectivity index (χ3v) is 8.66. The summed E-state index contributed by atoms with van der Waals surface area (Å²) in [5, 5.41) is 0. The third kappa shape index (κ3) is 3.50. The molecule has 3 aliphatic carbocycles. The Bertz CT molecular complexity index is 983. The molecule has 0 radical (unpaired) electrons. The Morgan fingerprint density at radius 2 is 1.12 bits per heavy atom. The lowest BCUT2D eigenvalue weighted by atomic mass is 9.51. The van der Waals surface area contributed by atoms with E-state index in [-0.39, 0.29) is 53.5 Å². The zero-order chi connectivity index (χ0) is 23.8. The van der Waals surface area contributed by atoms with Gasteiger partial charge >= 0.3 is 0 Å². The molecule has 1 saturated heterocycles. The molecule has 1 aromatic rings. The minimum atomic E-state index is -1.28. The SMILES string of the molecule is CC1(C)CC(=O)C2(CN(c3ccc4c(c3)CCC4)CC3(C2)C(=O)CC(C)(C)CC3=O)C(=O)C1. The van der Waals surface area contributed by atoms with Crippen LogP contribution in [0.3, 0.4) is 0 Å². The first kappa shape index (κ1) is 22.5. The van der Waals surface area contributed by atoms with Crippen LogP contribution in [0.15, 0.2) is 18.2 Å². The zero-order valence-electron chi connectivity index (χ0n) is 20.4. The summed E-state index contributed by atoms with van der Waals surface area (Å²) in [4.78, 5) is 56.6. The number of hydrogen-bond donors (Lipinski definition) is 0. The number of anilines is 1. The van der Waals surface area contributed by atoms with Crippen molar-refractivity contribution in [1.29, 1.82) is 0 Å². The Kier molecular flexibility index (Phi) is 4.84. The van der Waals surface area contributed by atoms with Gasteiger partial charge in [0.2, 0.25) is 0 Å². The Morgan fingerprint density at radius 1 is 0.667 bits per heavy atom. The van der Waals surface area contributed by atoms with Gasteiger partial charge < -0.3 is 4.90 Å². The number of fused-ring (bicyclic) bond motifs is 1. The van der Waals surface area contributed by atoms with Crippen molar-refractivity contribution in [2.24, 2.45) is 21.7 Å². The number of nitrogens with zero attached hydrogens (tertiary/aromatic N) is 1. The summed E-state index contributed by atoms with van der Waals surface area (Å²) in [5.41, 5.74) is 0.240. The van der Waals surface area contributed by atoms with E-state index in [1.807, 2.05) is 38.7 Å². The molecule has 1 aliphatic heterocycles. The van der Waals surface area contributed by atoms with Crippen molar-refractivity contribution in [3.05, 3.63) is 29.3 Å². The van der Waals surface area contributed by atoms with Crippen LogP contribution in [0.25, 0.3) is 0 Å². The van der Waals surface area contributed by atoms with Crippen LogP contribution >= 0.6 is 0 Å². The summed E-state index contributed by atoms with van der Waals surface area (Å²) in [5.74, 6) is -0.391. The lowest BCUT2D eigenvalue weighted by molar-refractivity contribution is -0.159. The molecule has 5 rings (SSSR count). The summed E-state index contributed by atoms with van der Waals surface area (Å²) >= 11 is 0. The van der Waals surface area contributed by atoms with Crippen molar-refractivity contribution in [3.63, 3.8) is 0 Å². The molecule has 0 amide bonds. The molecule has 33 heavy (non-hydrogen) atoms. The second-order valence-corrected chi connectivity index (χ2v) is 12.7. The largest absolute Gasteiger partial charge is 0.369 e. The van der Waals surface area contributed by atoms with Gasteiger partial charge in [0.05, 0.1) is 0 Å². The van der Waals surface area contributed by atoms with E-state index in [1.165, 1.54) is 11.1 Å². The van der Waals surface area contributed by atoms with E-state index in [0.717, 1.165) is 24.9 Å². The van der Waals surface area contributed by atoms with Crippen LogP contribution in [0.4, 0.5) is 5.69 Å². The molecular formula is C28H35NO4. The van der Waals surface area contributed by atoms with E-state index in [4.69, 9.17) is 0 Å². The van der Waals surface area contributed by atoms with Gasteiger partial charge in [0.15, 0.2) is 0 Å². The first-order valence-corrected chi connectivity index (χ1v) is 12.4. The number of benzene rings is 1. The maximum atomic E-state index is 13.7.